The molecule has 3 heterocycles. The molecule has 0 amide bonds. The standard InChI is InChI=1S/C20H26N6O/c1-24(12-20-23-16-7-3-4-8-17(16)25(20)2)18-10-19(22-14-21-18)26-9-5-6-15(11-26)13-27/h3-4,7-8,10,14-15,27H,5-6,9,11-13H2,1-2H3. The van der Waals surface area contributed by atoms with Gasteiger partial charge in [0.2, 0.25) is 0 Å². The second-order valence-electron chi connectivity index (χ2n) is 7.30. The van der Waals surface area contributed by atoms with Crippen molar-refractivity contribution < 1.29 is 5.11 Å². The Morgan fingerprint density at radius 1 is 1.26 bits per heavy atom. The van der Waals surface area contributed by atoms with Crippen LogP contribution in [0.4, 0.5) is 11.6 Å². The zero-order valence-corrected chi connectivity index (χ0v) is 15.9. The molecule has 1 aliphatic heterocycles. The van der Waals surface area contributed by atoms with E-state index in [1.807, 2.05) is 38.4 Å². The average Bonchev–Trinajstić information content (AvgIpc) is 3.04. The molecule has 0 radical (unpaired) electrons. The molecule has 1 saturated heterocycles. The fourth-order valence-corrected chi connectivity index (χ4v) is 3.77. The van der Waals surface area contributed by atoms with Gasteiger partial charge in [0.15, 0.2) is 0 Å². The summed E-state index contributed by atoms with van der Waals surface area (Å²) in [5, 5.41) is 9.47. The minimum atomic E-state index is 0.237. The molecule has 3 aromatic rings. The molecule has 0 spiro atoms. The number of fused-ring (bicyclic) bond motifs is 1. The van der Waals surface area contributed by atoms with E-state index in [0.29, 0.717) is 12.5 Å². The van der Waals surface area contributed by atoms with Crippen molar-refractivity contribution in [2.24, 2.45) is 13.0 Å². The molecule has 1 atom stereocenters. The maximum atomic E-state index is 9.47. The van der Waals surface area contributed by atoms with Gasteiger partial charge in [0.05, 0.1) is 17.6 Å². The van der Waals surface area contributed by atoms with E-state index in [4.69, 9.17) is 4.98 Å². The van der Waals surface area contributed by atoms with Crippen molar-refractivity contribution in [2.75, 3.05) is 36.5 Å². The Labute approximate surface area is 159 Å². The first kappa shape index (κ1) is 17.7. The summed E-state index contributed by atoms with van der Waals surface area (Å²) in [6, 6.07) is 10.2. The summed E-state index contributed by atoms with van der Waals surface area (Å²) in [4.78, 5) is 18.0. The molecule has 7 heteroatoms. The maximum absolute atomic E-state index is 9.47. The third kappa shape index (κ3) is 3.60. The molecular weight excluding hydrogens is 340 g/mol. The predicted octanol–water partition coefficient (Wildman–Crippen LogP) is 2.21. The SMILES string of the molecule is CN(Cc1nc2ccccc2n1C)c1cc(N2CCCC(CO)C2)ncn1. The molecule has 0 bridgehead atoms. The van der Waals surface area contributed by atoms with Crippen molar-refractivity contribution in [2.45, 2.75) is 19.4 Å². The van der Waals surface area contributed by atoms with Crippen LogP contribution < -0.4 is 9.80 Å². The molecule has 142 valence electrons. The number of piperidine rings is 1. The van der Waals surface area contributed by atoms with Crippen molar-refractivity contribution in [1.82, 2.24) is 19.5 Å². The first-order chi connectivity index (χ1) is 13.2. The number of aryl methyl sites for hydroxylation is 1. The second kappa shape index (κ2) is 7.52. The number of anilines is 2. The van der Waals surface area contributed by atoms with Gasteiger partial charge in [-0.3, -0.25) is 0 Å². The van der Waals surface area contributed by atoms with Gasteiger partial charge in [0.1, 0.15) is 23.8 Å². The molecule has 2 aromatic heterocycles. The highest BCUT2D eigenvalue weighted by Crippen LogP contribution is 2.24. The van der Waals surface area contributed by atoms with Gasteiger partial charge >= 0.3 is 0 Å². The van der Waals surface area contributed by atoms with Gasteiger partial charge in [0, 0.05) is 39.9 Å². The number of aliphatic hydroxyl groups is 1. The predicted molar refractivity (Wildman–Crippen MR) is 107 cm³/mol. The quantitative estimate of drug-likeness (QED) is 0.747. The summed E-state index contributed by atoms with van der Waals surface area (Å²) in [6.07, 6.45) is 3.79. The Bertz CT molecular complexity index is 924. The number of nitrogens with zero attached hydrogens (tertiary/aromatic N) is 6. The number of aliphatic hydroxyl groups excluding tert-OH is 1. The highest BCUT2D eigenvalue weighted by atomic mass is 16.3. The van der Waals surface area contributed by atoms with E-state index in [2.05, 4.69) is 30.4 Å². The lowest BCUT2D eigenvalue weighted by atomic mass is 9.99. The van der Waals surface area contributed by atoms with Crippen molar-refractivity contribution in [1.29, 1.82) is 0 Å². The normalized spacial score (nSPS) is 17.4. The summed E-state index contributed by atoms with van der Waals surface area (Å²) < 4.78 is 2.13. The number of hydrogen-bond donors (Lipinski definition) is 1. The van der Waals surface area contributed by atoms with Crippen molar-refractivity contribution >= 4 is 22.7 Å². The Hall–Kier alpha value is -2.67. The van der Waals surface area contributed by atoms with Crippen LogP contribution in [-0.4, -0.2) is 51.4 Å². The minimum absolute atomic E-state index is 0.237. The van der Waals surface area contributed by atoms with E-state index in [1.165, 1.54) is 0 Å². The van der Waals surface area contributed by atoms with Crippen LogP contribution >= 0.6 is 0 Å². The largest absolute Gasteiger partial charge is 0.396 e. The summed E-state index contributed by atoms with van der Waals surface area (Å²) in [6.45, 7) is 2.73. The summed E-state index contributed by atoms with van der Waals surface area (Å²) >= 11 is 0. The minimum Gasteiger partial charge on any atom is -0.396 e. The molecule has 1 fully saturated rings. The van der Waals surface area contributed by atoms with Gasteiger partial charge in [-0.15, -0.1) is 0 Å². The number of rotatable bonds is 5. The lowest BCUT2D eigenvalue weighted by molar-refractivity contribution is 0.208. The molecule has 7 nitrogen and oxygen atoms in total. The zero-order chi connectivity index (χ0) is 18.8. The van der Waals surface area contributed by atoms with Crippen LogP contribution in [0.25, 0.3) is 11.0 Å². The lowest BCUT2D eigenvalue weighted by Gasteiger charge is -2.33. The molecule has 0 saturated carbocycles. The van der Waals surface area contributed by atoms with Crippen LogP contribution in [0.2, 0.25) is 0 Å². The van der Waals surface area contributed by atoms with Crippen LogP contribution in [0.5, 0.6) is 0 Å². The van der Waals surface area contributed by atoms with Gasteiger partial charge < -0.3 is 19.5 Å². The van der Waals surface area contributed by atoms with Crippen molar-refractivity contribution in [3.8, 4) is 0 Å². The van der Waals surface area contributed by atoms with E-state index < -0.39 is 0 Å². The molecular formula is C20H26N6O. The molecule has 1 N–H and O–H groups in total. The Morgan fingerprint density at radius 3 is 2.93 bits per heavy atom. The van der Waals surface area contributed by atoms with Gasteiger partial charge in [-0.2, -0.15) is 0 Å². The van der Waals surface area contributed by atoms with E-state index in [1.54, 1.807) is 6.33 Å². The molecule has 1 aromatic carbocycles. The van der Waals surface area contributed by atoms with Gasteiger partial charge in [-0.25, -0.2) is 15.0 Å². The molecule has 1 unspecified atom stereocenters. The molecule has 0 aliphatic carbocycles. The summed E-state index contributed by atoms with van der Waals surface area (Å²) in [5.74, 6) is 3.13. The molecule has 4 rings (SSSR count). The van der Waals surface area contributed by atoms with Gasteiger partial charge in [0.25, 0.3) is 0 Å². The van der Waals surface area contributed by atoms with Gasteiger partial charge in [-0.05, 0) is 30.9 Å². The monoisotopic (exact) mass is 366 g/mol. The first-order valence-corrected chi connectivity index (χ1v) is 9.45. The fraction of sp³-hybridized carbons (Fsp3) is 0.450. The van der Waals surface area contributed by atoms with Crippen LogP contribution in [0, 0.1) is 5.92 Å². The van der Waals surface area contributed by atoms with Gasteiger partial charge in [-0.1, -0.05) is 12.1 Å². The summed E-state index contributed by atoms with van der Waals surface area (Å²) in [7, 11) is 4.07. The third-order valence-corrected chi connectivity index (χ3v) is 5.39. The number of para-hydroxylation sites is 2. The first-order valence-electron chi connectivity index (χ1n) is 9.45. The second-order valence-corrected chi connectivity index (χ2v) is 7.30. The Balaban J connectivity index is 1.53. The van der Waals surface area contributed by atoms with Crippen molar-refractivity contribution in [3.05, 3.63) is 42.5 Å². The highest BCUT2D eigenvalue weighted by molar-refractivity contribution is 5.75. The molecule has 27 heavy (non-hydrogen) atoms. The highest BCUT2D eigenvalue weighted by Gasteiger charge is 2.21. The van der Waals surface area contributed by atoms with Crippen LogP contribution in [0.15, 0.2) is 36.7 Å². The van der Waals surface area contributed by atoms with E-state index in [-0.39, 0.29) is 6.61 Å². The number of imidazole rings is 1. The number of aromatic nitrogens is 4. The van der Waals surface area contributed by atoms with E-state index >= 15 is 0 Å². The van der Waals surface area contributed by atoms with Crippen molar-refractivity contribution in [3.63, 3.8) is 0 Å². The van der Waals surface area contributed by atoms with E-state index in [9.17, 15) is 5.11 Å². The van der Waals surface area contributed by atoms with Crippen LogP contribution in [0.3, 0.4) is 0 Å². The van der Waals surface area contributed by atoms with Crippen LogP contribution in [-0.2, 0) is 13.6 Å². The lowest BCUT2D eigenvalue weighted by Crippen LogP contribution is -2.37. The molecule has 1 aliphatic rings. The third-order valence-electron chi connectivity index (χ3n) is 5.39. The zero-order valence-electron chi connectivity index (χ0n) is 15.9. The number of benzene rings is 1. The van der Waals surface area contributed by atoms with Crippen LogP contribution in [0.1, 0.15) is 18.7 Å². The van der Waals surface area contributed by atoms with E-state index in [0.717, 1.165) is 54.4 Å². The Morgan fingerprint density at radius 2 is 2.11 bits per heavy atom. The number of hydrogen-bond acceptors (Lipinski definition) is 6. The topological polar surface area (TPSA) is 70.3 Å². The smallest absolute Gasteiger partial charge is 0.134 e. The summed E-state index contributed by atoms with van der Waals surface area (Å²) in [5.41, 5.74) is 2.14. The average molecular weight is 366 g/mol. The maximum Gasteiger partial charge on any atom is 0.134 e. The fourth-order valence-electron chi connectivity index (χ4n) is 3.77. The Kier molecular flexibility index (Phi) is 4.94.